The second-order valence-electron chi connectivity index (χ2n) is 16.9. The third-order valence-corrected chi connectivity index (χ3v) is 7.20. The molecular weight excluding hydrogens is 630 g/mol. The van der Waals surface area contributed by atoms with Crippen molar-refractivity contribution in [2.45, 2.75) is 131 Å². The number of alkyl carbamates (subject to hydrolysis) is 1. The molecule has 1 amide bonds. The van der Waals surface area contributed by atoms with Crippen molar-refractivity contribution in [2.24, 2.45) is 0 Å². The zero-order valence-corrected chi connectivity index (χ0v) is 33.0. The molecule has 1 saturated heterocycles. The third kappa shape index (κ3) is 22.1. The molecule has 0 spiro atoms. The van der Waals surface area contributed by atoms with Crippen LogP contribution in [0.3, 0.4) is 0 Å². The Balaban J connectivity index is 3.36. The van der Waals surface area contributed by atoms with Crippen LogP contribution in [0.1, 0.15) is 103 Å². The van der Waals surface area contributed by atoms with Crippen molar-refractivity contribution in [2.75, 3.05) is 78.5 Å². The molecule has 0 aromatic carbocycles. The van der Waals surface area contributed by atoms with Crippen molar-refractivity contribution in [3.05, 3.63) is 0 Å². The largest absolute Gasteiger partial charge is 0.459 e. The summed E-state index contributed by atoms with van der Waals surface area (Å²) in [6.45, 7) is 29.7. The highest BCUT2D eigenvalue weighted by atomic mass is 16.6. The van der Waals surface area contributed by atoms with Crippen molar-refractivity contribution in [3.63, 3.8) is 0 Å². The lowest BCUT2D eigenvalue weighted by atomic mass is 10.1. The van der Waals surface area contributed by atoms with Crippen LogP contribution < -0.4 is 5.32 Å². The molecule has 1 atom stereocenters. The summed E-state index contributed by atoms with van der Waals surface area (Å²) in [5.41, 5.74) is -2.47. The van der Waals surface area contributed by atoms with Gasteiger partial charge < -0.3 is 24.3 Å². The van der Waals surface area contributed by atoms with Gasteiger partial charge in [-0.15, -0.1) is 0 Å². The maximum atomic E-state index is 13.5. The SMILES string of the molecule is CCCC(C(=O)OC(C)(C)C)N1CCN(CC(=O)OC(C)(C)C)CCN(CCNC(=O)OC(C)(C)C)CCN(CC(=O)OC(C)(C)C)CC1. The predicted octanol–water partition coefficient (Wildman–Crippen LogP) is 3.93. The highest BCUT2D eigenvalue weighted by Crippen LogP contribution is 2.17. The van der Waals surface area contributed by atoms with Crippen LogP contribution in [0.5, 0.6) is 0 Å². The number of carbonyl (C=O) groups excluding carboxylic acids is 4. The van der Waals surface area contributed by atoms with E-state index in [0.29, 0.717) is 71.9 Å². The highest BCUT2D eigenvalue weighted by molar-refractivity contribution is 5.76. The second-order valence-corrected chi connectivity index (χ2v) is 16.9. The molecule has 0 aromatic rings. The average Bonchev–Trinajstić information content (AvgIpc) is 2.87. The van der Waals surface area contributed by atoms with E-state index in [9.17, 15) is 19.2 Å². The number of esters is 3. The number of rotatable bonds is 11. The number of hydrogen-bond donors (Lipinski definition) is 1. The topological polar surface area (TPSA) is 130 Å². The van der Waals surface area contributed by atoms with Crippen LogP contribution >= 0.6 is 0 Å². The van der Waals surface area contributed by atoms with E-state index in [1.54, 1.807) is 0 Å². The fourth-order valence-corrected chi connectivity index (χ4v) is 5.24. The molecule has 0 aliphatic carbocycles. The van der Waals surface area contributed by atoms with Crippen molar-refractivity contribution < 1.29 is 38.1 Å². The minimum Gasteiger partial charge on any atom is -0.459 e. The van der Waals surface area contributed by atoms with Crippen molar-refractivity contribution in [1.29, 1.82) is 0 Å². The Labute approximate surface area is 296 Å². The summed E-state index contributed by atoms with van der Waals surface area (Å²) in [6.07, 6.45) is 0.924. The third-order valence-electron chi connectivity index (χ3n) is 7.20. The minimum atomic E-state index is -0.636. The summed E-state index contributed by atoms with van der Waals surface area (Å²) in [4.78, 5) is 60.3. The minimum absolute atomic E-state index is 0.102. The van der Waals surface area contributed by atoms with Gasteiger partial charge >= 0.3 is 24.0 Å². The van der Waals surface area contributed by atoms with E-state index in [1.165, 1.54) is 0 Å². The molecule has 1 aliphatic rings. The van der Waals surface area contributed by atoms with E-state index in [0.717, 1.165) is 6.42 Å². The summed E-state index contributed by atoms with van der Waals surface area (Å²) in [5, 5.41) is 2.84. The van der Waals surface area contributed by atoms with Gasteiger partial charge in [0.2, 0.25) is 0 Å². The molecule has 1 rings (SSSR count). The van der Waals surface area contributed by atoms with Crippen LogP contribution in [0, 0.1) is 0 Å². The smallest absolute Gasteiger partial charge is 0.407 e. The van der Waals surface area contributed by atoms with Crippen LogP contribution in [-0.4, -0.2) is 151 Å². The summed E-state index contributed by atoms with van der Waals surface area (Å²) in [5.74, 6) is -0.905. The lowest BCUT2D eigenvalue weighted by molar-refractivity contribution is -0.163. The van der Waals surface area contributed by atoms with Crippen LogP contribution in [0.15, 0.2) is 0 Å². The summed E-state index contributed by atoms with van der Waals surface area (Å²) in [6, 6.07) is -0.477. The van der Waals surface area contributed by atoms with E-state index in [-0.39, 0.29) is 31.0 Å². The average molecular weight is 700 g/mol. The standard InChI is InChI=1S/C36H69N5O8/c1-14-15-28(31(44)48-35(8,9)10)41-24-22-39(26-29(42)46-33(2,3)4)20-18-38(17-16-37-32(45)49-36(11,12)13)19-21-40(23-25-41)27-30(43)47-34(5,6)7/h28H,14-27H2,1-13H3,(H,37,45). The fourth-order valence-electron chi connectivity index (χ4n) is 5.24. The monoisotopic (exact) mass is 700 g/mol. The van der Waals surface area contributed by atoms with Crippen molar-refractivity contribution in [3.8, 4) is 0 Å². The van der Waals surface area contributed by atoms with Gasteiger partial charge in [0.1, 0.15) is 28.4 Å². The van der Waals surface area contributed by atoms with E-state index in [4.69, 9.17) is 18.9 Å². The zero-order chi connectivity index (χ0) is 37.6. The summed E-state index contributed by atoms with van der Waals surface area (Å²) >= 11 is 0. The Bertz CT molecular complexity index is 996. The number of amides is 1. The van der Waals surface area contributed by atoms with Crippen LogP contribution in [0.25, 0.3) is 0 Å². The van der Waals surface area contributed by atoms with Gasteiger partial charge in [-0.1, -0.05) is 13.3 Å². The fraction of sp³-hybridized carbons (Fsp3) is 0.889. The molecule has 0 aromatic heterocycles. The normalized spacial score (nSPS) is 18.1. The van der Waals surface area contributed by atoms with Gasteiger partial charge in [0.25, 0.3) is 0 Å². The van der Waals surface area contributed by atoms with Gasteiger partial charge in [-0.25, -0.2) is 4.79 Å². The first-order chi connectivity index (χ1) is 22.4. The van der Waals surface area contributed by atoms with Gasteiger partial charge in [0.05, 0.1) is 13.1 Å². The Kier molecular flexibility index (Phi) is 18.0. The van der Waals surface area contributed by atoms with Crippen molar-refractivity contribution in [1.82, 2.24) is 24.9 Å². The first kappa shape index (κ1) is 44.5. The first-order valence-electron chi connectivity index (χ1n) is 17.9. The number of hydrogen-bond acceptors (Lipinski definition) is 12. The molecule has 13 heteroatoms. The Morgan fingerprint density at radius 2 is 0.959 bits per heavy atom. The Morgan fingerprint density at radius 1 is 0.571 bits per heavy atom. The second kappa shape index (κ2) is 19.8. The Hall–Kier alpha value is -2.48. The summed E-state index contributed by atoms with van der Waals surface area (Å²) < 4.78 is 22.6. The van der Waals surface area contributed by atoms with Gasteiger partial charge in [-0.3, -0.25) is 34.0 Å². The lowest BCUT2D eigenvalue weighted by Gasteiger charge is -2.37. The zero-order valence-electron chi connectivity index (χ0n) is 33.0. The number of carbonyl (C=O) groups is 4. The van der Waals surface area contributed by atoms with E-state index >= 15 is 0 Å². The van der Waals surface area contributed by atoms with E-state index in [2.05, 4.69) is 24.9 Å². The van der Waals surface area contributed by atoms with Gasteiger partial charge in [0.15, 0.2) is 0 Å². The van der Waals surface area contributed by atoms with Crippen molar-refractivity contribution >= 4 is 24.0 Å². The van der Waals surface area contributed by atoms with Gasteiger partial charge in [-0.05, 0) is 89.5 Å². The quantitative estimate of drug-likeness (QED) is 0.248. The first-order valence-corrected chi connectivity index (χ1v) is 17.9. The molecule has 49 heavy (non-hydrogen) atoms. The van der Waals surface area contributed by atoms with Crippen LogP contribution in [-0.2, 0) is 33.3 Å². The molecule has 1 fully saturated rings. The van der Waals surface area contributed by atoms with E-state index < -0.39 is 34.5 Å². The molecule has 1 N–H and O–H groups in total. The van der Waals surface area contributed by atoms with E-state index in [1.807, 2.05) is 90.0 Å². The molecule has 1 unspecified atom stereocenters. The molecule has 13 nitrogen and oxygen atoms in total. The molecule has 1 aliphatic heterocycles. The maximum Gasteiger partial charge on any atom is 0.407 e. The number of nitrogens with one attached hydrogen (secondary N) is 1. The predicted molar refractivity (Wildman–Crippen MR) is 191 cm³/mol. The molecule has 0 bridgehead atoms. The van der Waals surface area contributed by atoms with Crippen LogP contribution in [0.2, 0.25) is 0 Å². The summed E-state index contributed by atoms with van der Waals surface area (Å²) in [7, 11) is 0. The van der Waals surface area contributed by atoms with Gasteiger partial charge in [0, 0.05) is 65.4 Å². The molecular formula is C36H69N5O8. The number of ether oxygens (including phenoxy) is 4. The van der Waals surface area contributed by atoms with Crippen LogP contribution in [0.4, 0.5) is 4.79 Å². The highest BCUT2D eigenvalue weighted by Gasteiger charge is 2.32. The lowest BCUT2D eigenvalue weighted by Crippen LogP contribution is -2.53. The molecule has 1 heterocycles. The maximum absolute atomic E-state index is 13.5. The molecule has 0 saturated carbocycles. The Morgan fingerprint density at radius 3 is 1.35 bits per heavy atom. The molecule has 0 radical (unpaired) electrons. The number of nitrogens with zero attached hydrogens (tertiary/aromatic N) is 4. The molecule has 286 valence electrons. The van der Waals surface area contributed by atoms with Gasteiger partial charge in [-0.2, -0.15) is 0 Å².